The molecule has 4 saturated carbocycles. The third-order valence-electron chi connectivity index (χ3n) is 11.7. The molecule has 3 aromatic carbocycles. The number of amides is 1. The van der Waals surface area contributed by atoms with Crippen LogP contribution in [-0.2, 0) is 19.7 Å². The Balaban J connectivity index is 0.981. The molecule has 1 amide bonds. The zero-order chi connectivity index (χ0) is 38.3. The third kappa shape index (κ3) is 7.22. The highest BCUT2D eigenvalue weighted by molar-refractivity contribution is 7.07. The molecule has 2 heterocycles. The lowest BCUT2D eigenvalue weighted by Gasteiger charge is -2.57. The van der Waals surface area contributed by atoms with Crippen molar-refractivity contribution >= 4 is 35.0 Å². The van der Waals surface area contributed by atoms with Gasteiger partial charge < -0.3 is 24.3 Å². The number of ether oxygens (including phenoxy) is 4. The summed E-state index contributed by atoms with van der Waals surface area (Å²) in [6.45, 7) is 5.93. The molecule has 4 bridgehead atoms. The van der Waals surface area contributed by atoms with E-state index in [9.17, 15) is 14.4 Å². The van der Waals surface area contributed by atoms with Crippen LogP contribution in [0.2, 0.25) is 0 Å². The Morgan fingerprint density at radius 2 is 1.60 bits per heavy atom. The number of benzene rings is 3. The van der Waals surface area contributed by atoms with Gasteiger partial charge in [0.25, 0.3) is 11.5 Å². The molecule has 0 saturated heterocycles. The van der Waals surface area contributed by atoms with Crippen molar-refractivity contribution < 1.29 is 28.5 Å². The first-order valence-corrected chi connectivity index (χ1v) is 20.1. The summed E-state index contributed by atoms with van der Waals surface area (Å²) in [5.74, 6) is 3.36. The fourth-order valence-corrected chi connectivity index (χ4v) is 10.8. The number of carbonyl (C=O) groups is 2. The highest BCUT2D eigenvalue weighted by Crippen LogP contribution is 2.60. The molecule has 10 nitrogen and oxygen atoms in total. The van der Waals surface area contributed by atoms with Gasteiger partial charge in [-0.2, -0.15) is 0 Å². The number of hydrogen-bond acceptors (Lipinski definition) is 9. The van der Waals surface area contributed by atoms with Gasteiger partial charge in [0, 0.05) is 5.69 Å². The highest BCUT2D eigenvalue weighted by Gasteiger charge is 2.51. The number of rotatable bonds is 12. The number of nitrogens with zero attached hydrogens (tertiary/aromatic N) is 2. The largest absolute Gasteiger partial charge is 0.494 e. The van der Waals surface area contributed by atoms with E-state index in [-0.39, 0.29) is 24.7 Å². The Hall–Kier alpha value is -5.16. The molecule has 1 atom stereocenters. The molecule has 0 unspecified atom stereocenters. The van der Waals surface area contributed by atoms with E-state index < -0.39 is 12.0 Å². The van der Waals surface area contributed by atoms with Crippen LogP contribution in [0, 0.1) is 17.8 Å². The predicted molar refractivity (Wildman–Crippen MR) is 211 cm³/mol. The summed E-state index contributed by atoms with van der Waals surface area (Å²) < 4.78 is 24.6. The maximum absolute atomic E-state index is 14.1. The summed E-state index contributed by atoms with van der Waals surface area (Å²) in [6, 6.07) is 20.4. The van der Waals surface area contributed by atoms with Crippen molar-refractivity contribution in [3.05, 3.63) is 114 Å². The van der Waals surface area contributed by atoms with Crippen molar-refractivity contribution in [2.45, 2.75) is 70.8 Å². The molecule has 11 heteroatoms. The number of fused-ring (bicyclic) bond motifs is 1. The summed E-state index contributed by atoms with van der Waals surface area (Å²) in [4.78, 5) is 45.4. The second-order valence-corrected chi connectivity index (χ2v) is 16.3. The monoisotopic (exact) mass is 761 g/mol. The van der Waals surface area contributed by atoms with Gasteiger partial charge in [-0.25, -0.2) is 9.79 Å². The minimum absolute atomic E-state index is 0.192. The van der Waals surface area contributed by atoms with E-state index in [2.05, 4.69) is 22.4 Å². The summed E-state index contributed by atoms with van der Waals surface area (Å²) >= 11 is 1.24. The first-order valence-electron chi connectivity index (χ1n) is 19.3. The predicted octanol–water partition coefficient (Wildman–Crippen LogP) is 6.69. The van der Waals surface area contributed by atoms with E-state index in [1.807, 2.05) is 43.3 Å². The average molecular weight is 762 g/mol. The Bertz CT molecular complexity index is 2290. The van der Waals surface area contributed by atoms with Crippen LogP contribution in [0.5, 0.6) is 17.2 Å². The van der Waals surface area contributed by atoms with Crippen molar-refractivity contribution in [3.8, 4) is 17.2 Å². The van der Waals surface area contributed by atoms with Gasteiger partial charge in [-0.05, 0) is 142 Å². The van der Waals surface area contributed by atoms with Gasteiger partial charge in [0.15, 0.2) is 22.9 Å². The van der Waals surface area contributed by atoms with Gasteiger partial charge in [-0.15, -0.1) is 0 Å². The number of anilines is 1. The van der Waals surface area contributed by atoms with Crippen molar-refractivity contribution in [2.75, 3.05) is 32.2 Å². The molecule has 4 aliphatic carbocycles. The molecule has 0 radical (unpaired) electrons. The summed E-state index contributed by atoms with van der Waals surface area (Å²) in [7, 11) is 1.53. The van der Waals surface area contributed by atoms with Gasteiger partial charge >= 0.3 is 5.97 Å². The smallest absolute Gasteiger partial charge is 0.338 e. The Labute approximate surface area is 324 Å². The Morgan fingerprint density at radius 1 is 0.909 bits per heavy atom. The van der Waals surface area contributed by atoms with E-state index >= 15 is 0 Å². The Kier molecular flexibility index (Phi) is 10.1. The maximum Gasteiger partial charge on any atom is 0.338 e. The topological polar surface area (TPSA) is 117 Å². The maximum atomic E-state index is 14.1. The number of esters is 1. The van der Waals surface area contributed by atoms with Gasteiger partial charge in [-0.1, -0.05) is 41.7 Å². The van der Waals surface area contributed by atoms with Gasteiger partial charge in [-0.3, -0.25) is 14.2 Å². The minimum Gasteiger partial charge on any atom is -0.494 e. The van der Waals surface area contributed by atoms with Gasteiger partial charge in [0.2, 0.25) is 0 Å². The first kappa shape index (κ1) is 36.8. The van der Waals surface area contributed by atoms with E-state index in [1.165, 1.54) is 62.5 Å². The zero-order valence-electron chi connectivity index (χ0n) is 31.8. The van der Waals surface area contributed by atoms with Crippen LogP contribution in [0.3, 0.4) is 0 Å². The lowest BCUT2D eigenvalue weighted by Crippen LogP contribution is -2.48. The number of allylic oxidation sites excluding steroid dienone is 1. The molecular formula is C44H47N3O7S. The fraction of sp³-hybridized carbons (Fsp3) is 0.409. The number of thiazole rings is 1. The van der Waals surface area contributed by atoms with Gasteiger partial charge in [0.1, 0.15) is 5.75 Å². The summed E-state index contributed by atoms with van der Waals surface area (Å²) in [5.41, 5.74) is 4.42. The molecule has 286 valence electrons. The van der Waals surface area contributed by atoms with E-state index in [4.69, 9.17) is 18.9 Å². The molecule has 5 aliphatic rings. The molecule has 0 spiro atoms. The number of hydrogen-bond donors (Lipinski definition) is 1. The Morgan fingerprint density at radius 3 is 2.24 bits per heavy atom. The number of aromatic nitrogens is 1. The van der Waals surface area contributed by atoms with Gasteiger partial charge in [0.05, 0.1) is 42.2 Å². The quantitative estimate of drug-likeness (QED) is 0.160. The van der Waals surface area contributed by atoms with Crippen LogP contribution in [0.25, 0.3) is 6.08 Å². The minimum atomic E-state index is -0.732. The van der Waals surface area contributed by atoms with Crippen LogP contribution >= 0.6 is 11.3 Å². The molecule has 4 fully saturated rings. The normalized spacial score (nSPS) is 23.9. The molecule has 55 heavy (non-hydrogen) atoms. The second-order valence-electron chi connectivity index (χ2n) is 15.3. The SMILES string of the molecule is CCOC(=O)C1=C(C)N=c2s/c(=C/c3ccc(OCC(=O)Nc4ccc(C56CC7CC(CC(C7)C5)C6)cc4)c(OC)c3)c(=O)n2[C@H]1c1ccc(OCC)cc1. The average Bonchev–Trinajstić information content (AvgIpc) is 3.47. The lowest BCUT2D eigenvalue weighted by atomic mass is 9.48. The van der Waals surface area contributed by atoms with E-state index in [1.54, 1.807) is 42.7 Å². The lowest BCUT2D eigenvalue weighted by molar-refractivity contribution is -0.139. The summed E-state index contributed by atoms with van der Waals surface area (Å²) in [5, 5.41) is 2.97. The van der Waals surface area contributed by atoms with E-state index in [0.717, 1.165) is 29.0 Å². The van der Waals surface area contributed by atoms with Crippen molar-refractivity contribution in [2.24, 2.45) is 22.7 Å². The molecule has 9 rings (SSSR count). The molecule has 1 aromatic heterocycles. The molecule has 1 N–H and O–H groups in total. The van der Waals surface area contributed by atoms with Crippen molar-refractivity contribution in [1.82, 2.24) is 4.57 Å². The van der Waals surface area contributed by atoms with Crippen LogP contribution in [0.1, 0.15) is 82.0 Å². The van der Waals surface area contributed by atoms with Crippen LogP contribution in [0.4, 0.5) is 5.69 Å². The van der Waals surface area contributed by atoms with Crippen LogP contribution < -0.4 is 34.4 Å². The number of carbonyl (C=O) groups excluding carboxylic acids is 2. The third-order valence-corrected chi connectivity index (χ3v) is 12.7. The number of methoxy groups -OCH3 is 1. The van der Waals surface area contributed by atoms with Crippen molar-refractivity contribution in [1.29, 1.82) is 0 Å². The number of nitrogens with one attached hydrogen (secondary N) is 1. The van der Waals surface area contributed by atoms with Crippen LogP contribution in [-0.4, -0.2) is 43.4 Å². The second kappa shape index (κ2) is 15.2. The van der Waals surface area contributed by atoms with Crippen LogP contribution in [0.15, 0.2) is 87.8 Å². The highest BCUT2D eigenvalue weighted by atomic mass is 32.1. The first-order chi connectivity index (χ1) is 26.7. The zero-order valence-corrected chi connectivity index (χ0v) is 32.6. The standard InChI is InChI=1S/C44H47N3O7S/c1-5-52-34-14-8-31(9-15-34)40-39(42(50)53-6-2)26(3)45-43-47(40)41(49)37(55-43)21-27-7-16-35(36(20-27)51-4)54-25-38(48)46-33-12-10-32(11-13-33)44-22-28-17-29(23-44)19-30(18-28)24-44/h7-16,20-21,28-30,40H,5-6,17-19,22-25H2,1-4H3,(H,46,48)/b37-21+/t28?,29?,30?,40-,44?/m0/s1. The van der Waals surface area contributed by atoms with Crippen molar-refractivity contribution in [3.63, 3.8) is 0 Å². The molecular weight excluding hydrogens is 715 g/mol. The molecule has 1 aliphatic heterocycles. The van der Waals surface area contributed by atoms with E-state index in [0.29, 0.717) is 55.4 Å². The fourth-order valence-electron chi connectivity index (χ4n) is 9.78. The summed E-state index contributed by atoms with van der Waals surface area (Å²) in [6.07, 6.45) is 9.91. The molecule has 4 aromatic rings.